The number of hydrogen-bond acceptors (Lipinski definition) is 1. The van der Waals surface area contributed by atoms with Crippen LogP contribution in [0.3, 0.4) is 0 Å². The molecule has 0 aromatic rings. The Morgan fingerprint density at radius 1 is 1.36 bits per heavy atom. The predicted octanol–water partition coefficient (Wildman–Crippen LogP) is 3.36. The third kappa shape index (κ3) is 1.92. The Kier molecular flexibility index (Phi) is 2.65. The Labute approximate surface area is 79.7 Å². The van der Waals surface area contributed by atoms with Gasteiger partial charge in [-0.05, 0) is 19.8 Å². The van der Waals surface area contributed by atoms with Gasteiger partial charge in [0, 0.05) is 6.42 Å². The van der Waals surface area contributed by atoms with E-state index in [-0.39, 0.29) is 6.42 Å². The maximum Gasteiger partial charge on any atom is 0.448 e. The molecule has 1 rings (SSSR count). The predicted molar refractivity (Wildman–Crippen MR) is 43.4 cm³/mol. The first-order valence-corrected chi connectivity index (χ1v) is 4.32. The van der Waals surface area contributed by atoms with Gasteiger partial charge in [0.15, 0.2) is 0 Å². The average Bonchev–Trinajstić information content (AvgIpc) is 2.02. The third-order valence-corrected chi connectivity index (χ3v) is 2.42. The fraction of sp³-hybridized carbons (Fsp3) is 0.778. The van der Waals surface area contributed by atoms with Crippen molar-refractivity contribution in [2.75, 3.05) is 0 Å². The van der Waals surface area contributed by atoms with E-state index in [9.17, 15) is 17.6 Å². The quantitative estimate of drug-likeness (QED) is 0.478. The minimum absolute atomic E-state index is 0.137. The van der Waals surface area contributed by atoms with Crippen molar-refractivity contribution in [1.29, 1.82) is 0 Å². The molecule has 14 heavy (non-hydrogen) atoms. The van der Waals surface area contributed by atoms with Gasteiger partial charge in [-0.15, -0.1) is 6.58 Å². The van der Waals surface area contributed by atoms with Crippen molar-refractivity contribution in [3.05, 3.63) is 12.7 Å². The summed E-state index contributed by atoms with van der Waals surface area (Å²) in [5.74, 6) is -3.52. The first-order chi connectivity index (χ1) is 6.22. The highest BCUT2D eigenvalue weighted by molar-refractivity contribution is 4.99. The van der Waals surface area contributed by atoms with E-state index in [1.807, 2.05) is 0 Å². The van der Waals surface area contributed by atoms with Crippen molar-refractivity contribution < 1.29 is 22.3 Å². The molecule has 1 nitrogen and oxygen atoms in total. The smallest absolute Gasteiger partial charge is 0.328 e. The monoisotopic (exact) mass is 212 g/mol. The maximum absolute atomic E-state index is 13.4. The summed E-state index contributed by atoms with van der Waals surface area (Å²) in [5, 5.41) is 0. The van der Waals surface area contributed by atoms with Gasteiger partial charge < -0.3 is 4.74 Å². The van der Waals surface area contributed by atoms with E-state index in [1.165, 1.54) is 13.0 Å². The summed E-state index contributed by atoms with van der Waals surface area (Å²) in [7, 11) is 0. The van der Waals surface area contributed by atoms with Gasteiger partial charge in [-0.1, -0.05) is 6.08 Å². The van der Waals surface area contributed by atoms with Crippen molar-refractivity contribution in [3.8, 4) is 0 Å². The molecule has 0 bridgehead atoms. The molecule has 1 aliphatic rings. The second kappa shape index (κ2) is 3.22. The molecule has 0 aromatic carbocycles. The van der Waals surface area contributed by atoms with Crippen LogP contribution in [0.1, 0.15) is 26.2 Å². The first kappa shape index (κ1) is 11.5. The minimum atomic E-state index is -4.97. The lowest BCUT2D eigenvalue weighted by molar-refractivity contribution is -0.368. The molecule has 0 spiro atoms. The molecule has 82 valence electrons. The van der Waals surface area contributed by atoms with Crippen molar-refractivity contribution in [2.45, 2.75) is 43.8 Å². The van der Waals surface area contributed by atoms with Gasteiger partial charge in [-0.2, -0.15) is 13.2 Å². The molecule has 1 saturated heterocycles. The Morgan fingerprint density at radius 2 is 1.93 bits per heavy atom. The van der Waals surface area contributed by atoms with Crippen molar-refractivity contribution in [2.24, 2.45) is 0 Å². The van der Waals surface area contributed by atoms with E-state index in [0.29, 0.717) is 6.42 Å². The maximum atomic E-state index is 13.4. The van der Waals surface area contributed by atoms with Crippen LogP contribution >= 0.6 is 0 Å². The Morgan fingerprint density at radius 3 is 2.36 bits per heavy atom. The third-order valence-electron chi connectivity index (χ3n) is 2.42. The van der Waals surface area contributed by atoms with Gasteiger partial charge in [0.2, 0.25) is 0 Å². The van der Waals surface area contributed by atoms with Crippen molar-refractivity contribution in [3.63, 3.8) is 0 Å². The highest BCUT2D eigenvalue weighted by atomic mass is 19.4. The van der Waals surface area contributed by atoms with Gasteiger partial charge in [-0.25, -0.2) is 4.39 Å². The lowest BCUT2D eigenvalue weighted by atomic mass is 9.92. The summed E-state index contributed by atoms with van der Waals surface area (Å²) < 4.78 is 54.6. The number of ether oxygens (including phenoxy) is 1. The molecule has 1 aliphatic heterocycles. The summed E-state index contributed by atoms with van der Waals surface area (Å²) in [6, 6.07) is 0. The number of hydrogen-bond donors (Lipinski definition) is 0. The topological polar surface area (TPSA) is 9.23 Å². The summed E-state index contributed by atoms with van der Waals surface area (Å²) in [4.78, 5) is 0. The molecule has 2 atom stereocenters. The number of rotatable bonds is 1. The lowest BCUT2D eigenvalue weighted by Crippen LogP contribution is -2.52. The van der Waals surface area contributed by atoms with Crippen LogP contribution in [0.4, 0.5) is 17.6 Å². The summed E-state index contributed by atoms with van der Waals surface area (Å²) in [6.07, 6.45) is -3.90. The standard InChI is InChI=1S/C9H12F4O/c1-3-7(2)5-4-6-8(10,14-7)9(11,12)13/h3H,1,4-6H2,2H3. The van der Waals surface area contributed by atoms with E-state index in [2.05, 4.69) is 11.3 Å². The summed E-state index contributed by atoms with van der Waals surface area (Å²) >= 11 is 0. The Hall–Kier alpha value is -0.580. The van der Waals surface area contributed by atoms with Crippen molar-refractivity contribution >= 4 is 0 Å². The molecule has 2 unspecified atom stereocenters. The number of alkyl halides is 4. The molecule has 1 fully saturated rings. The second-order valence-corrected chi connectivity index (χ2v) is 3.70. The number of halogens is 4. The zero-order valence-electron chi connectivity index (χ0n) is 7.83. The van der Waals surface area contributed by atoms with E-state index in [0.717, 1.165) is 0 Å². The van der Waals surface area contributed by atoms with Crippen LogP contribution in [0.5, 0.6) is 0 Å². The fourth-order valence-electron chi connectivity index (χ4n) is 1.48. The van der Waals surface area contributed by atoms with Crippen LogP contribution in [-0.2, 0) is 4.74 Å². The van der Waals surface area contributed by atoms with Gasteiger partial charge in [-0.3, -0.25) is 0 Å². The van der Waals surface area contributed by atoms with Crippen LogP contribution in [0.25, 0.3) is 0 Å². The summed E-state index contributed by atoms with van der Waals surface area (Å²) in [6.45, 7) is 4.75. The second-order valence-electron chi connectivity index (χ2n) is 3.70. The van der Waals surface area contributed by atoms with Gasteiger partial charge in [0.25, 0.3) is 0 Å². The largest absolute Gasteiger partial charge is 0.448 e. The van der Waals surface area contributed by atoms with E-state index < -0.39 is 24.1 Å². The lowest BCUT2D eigenvalue weighted by Gasteiger charge is -2.41. The molecule has 1 heterocycles. The molecule has 0 N–H and O–H groups in total. The zero-order chi connectivity index (χ0) is 11.0. The first-order valence-electron chi connectivity index (χ1n) is 4.32. The summed E-state index contributed by atoms with van der Waals surface area (Å²) in [5.41, 5.74) is -1.22. The van der Waals surface area contributed by atoms with Gasteiger partial charge in [0.1, 0.15) is 0 Å². The molecule has 0 aliphatic carbocycles. The molecular weight excluding hydrogens is 200 g/mol. The molecule has 0 radical (unpaired) electrons. The van der Waals surface area contributed by atoms with Crippen LogP contribution in [0, 0.1) is 0 Å². The highest BCUT2D eigenvalue weighted by Crippen LogP contribution is 2.46. The molecule has 0 amide bonds. The normalized spacial score (nSPS) is 39.5. The fourth-order valence-corrected chi connectivity index (χ4v) is 1.48. The van der Waals surface area contributed by atoms with Crippen LogP contribution < -0.4 is 0 Å². The van der Waals surface area contributed by atoms with Gasteiger partial charge in [0.05, 0.1) is 5.60 Å². The average molecular weight is 212 g/mol. The molecule has 5 heteroatoms. The van der Waals surface area contributed by atoms with Crippen LogP contribution in [0.15, 0.2) is 12.7 Å². The van der Waals surface area contributed by atoms with E-state index in [4.69, 9.17) is 0 Å². The van der Waals surface area contributed by atoms with E-state index >= 15 is 0 Å². The van der Waals surface area contributed by atoms with Crippen molar-refractivity contribution in [1.82, 2.24) is 0 Å². The highest BCUT2D eigenvalue weighted by Gasteiger charge is 2.61. The van der Waals surface area contributed by atoms with Crippen LogP contribution in [0.2, 0.25) is 0 Å². The SMILES string of the molecule is C=CC1(C)CCCC(F)(C(F)(F)F)O1. The molecule has 0 saturated carbocycles. The van der Waals surface area contributed by atoms with Crippen LogP contribution in [-0.4, -0.2) is 17.6 Å². The Balaban J connectivity index is 2.88. The zero-order valence-corrected chi connectivity index (χ0v) is 7.83. The van der Waals surface area contributed by atoms with E-state index in [1.54, 1.807) is 0 Å². The molecular formula is C9H12F4O. The Bertz CT molecular complexity index is 237. The molecule has 0 aromatic heterocycles. The van der Waals surface area contributed by atoms with Gasteiger partial charge >= 0.3 is 12.0 Å². The minimum Gasteiger partial charge on any atom is -0.328 e.